The van der Waals surface area contributed by atoms with Crippen molar-refractivity contribution >= 4 is 18.3 Å². The van der Waals surface area contributed by atoms with Gasteiger partial charge in [0.2, 0.25) is 5.91 Å². The van der Waals surface area contributed by atoms with Crippen LogP contribution in [0, 0.1) is 5.92 Å². The van der Waals surface area contributed by atoms with E-state index in [1.165, 1.54) is 6.42 Å². The molecule has 90 valence electrons. The van der Waals surface area contributed by atoms with E-state index >= 15 is 0 Å². The molecule has 2 atom stereocenters. The zero-order valence-electron chi connectivity index (χ0n) is 9.95. The highest BCUT2D eigenvalue weighted by Crippen LogP contribution is 2.32. The molecule has 1 rings (SSSR count). The first kappa shape index (κ1) is 14.7. The second kappa shape index (κ2) is 5.71. The van der Waals surface area contributed by atoms with Gasteiger partial charge in [0, 0.05) is 13.6 Å². The minimum Gasteiger partial charge on any atom is -0.344 e. The van der Waals surface area contributed by atoms with Crippen LogP contribution in [0.1, 0.15) is 39.5 Å². The lowest BCUT2D eigenvalue weighted by Crippen LogP contribution is -2.59. The van der Waals surface area contributed by atoms with Crippen LogP contribution in [0.2, 0.25) is 0 Å². The summed E-state index contributed by atoms with van der Waals surface area (Å²) in [4.78, 5) is 13.8. The molecule has 1 aliphatic rings. The minimum atomic E-state index is -0.594. The first-order valence-corrected chi connectivity index (χ1v) is 5.56. The maximum Gasteiger partial charge on any atom is 0.242 e. The summed E-state index contributed by atoms with van der Waals surface area (Å²) < 4.78 is 0. The molecule has 0 spiro atoms. The first-order valence-electron chi connectivity index (χ1n) is 5.56. The van der Waals surface area contributed by atoms with E-state index in [1.54, 1.807) is 4.90 Å². The summed E-state index contributed by atoms with van der Waals surface area (Å²) in [6.07, 6.45) is 4.23. The molecular weight excluding hydrogens is 212 g/mol. The van der Waals surface area contributed by atoms with Crippen LogP contribution in [-0.2, 0) is 4.79 Å². The summed E-state index contributed by atoms with van der Waals surface area (Å²) in [5.41, 5.74) is 5.64. The van der Waals surface area contributed by atoms with Gasteiger partial charge in [-0.15, -0.1) is 12.4 Å². The lowest BCUT2D eigenvalue weighted by Gasteiger charge is -2.40. The average Bonchev–Trinajstić information content (AvgIpc) is 2.20. The lowest BCUT2D eigenvalue weighted by atomic mass is 9.73. The summed E-state index contributed by atoms with van der Waals surface area (Å²) in [7, 11) is 1.83. The van der Waals surface area contributed by atoms with Crippen LogP contribution in [0.3, 0.4) is 0 Å². The molecule has 15 heavy (non-hydrogen) atoms. The van der Waals surface area contributed by atoms with Crippen molar-refractivity contribution < 1.29 is 4.79 Å². The van der Waals surface area contributed by atoms with Crippen molar-refractivity contribution in [2.24, 2.45) is 11.7 Å². The second-order valence-corrected chi connectivity index (χ2v) is 4.51. The highest BCUT2D eigenvalue weighted by molar-refractivity contribution is 5.86. The number of hydrogen-bond acceptors (Lipinski definition) is 2. The predicted octanol–water partition coefficient (Wildman–Crippen LogP) is 1.79. The SMILES string of the molecule is CCN(C)C(=O)C1(N)CCCCC1C.Cl. The molecule has 2 N–H and O–H groups in total. The molecule has 0 radical (unpaired) electrons. The number of nitrogens with two attached hydrogens (primary N) is 1. The molecular formula is C11H23ClN2O. The number of rotatable bonds is 2. The van der Waals surface area contributed by atoms with E-state index in [0.717, 1.165) is 25.8 Å². The molecule has 0 bridgehead atoms. The molecule has 1 saturated carbocycles. The molecule has 0 saturated heterocycles. The molecule has 0 aromatic rings. The fourth-order valence-electron chi connectivity index (χ4n) is 2.19. The minimum absolute atomic E-state index is 0. The molecule has 3 nitrogen and oxygen atoms in total. The van der Waals surface area contributed by atoms with Crippen LogP contribution in [-0.4, -0.2) is 29.9 Å². The summed E-state index contributed by atoms with van der Waals surface area (Å²) in [5, 5.41) is 0. The van der Waals surface area contributed by atoms with E-state index in [1.807, 2.05) is 14.0 Å². The number of carbonyl (C=O) groups is 1. The van der Waals surface area contributed by atoms with Crippen LogP contribution in [0.25, 0.3) is 0 Å². The normalized spacial score (nSPS) is 30.5. The fraction of sp³-hybridized carbons (Fsp3) is 0.909. The van der Waals surface area contributed by atoms with Crippen LogP contribution in [0.4, 0.5) is 0 Å². The maximum atomic E-state index is 12.1. The second-order valence-electron chi connectivity index (χ2n) is 4.51. The molecule has 1 fully saturated rings. The van der Waals surface area contributed by atoms with Crippen LogP contribution in [0.5, 0.6) is 0 Å². The van der Waals surface area contributed by atoms with E-state index in [-0.39, 0.29) is 18.3 Å². The van der Waals surface area contributed by atoms with Gasteiger partial charge in [-0.1, -0.05) is 19.8 Å². The van der Waals surface area contributed by atoms with Gasteiger partial charge in [-0.05, 0) is 25.7 Å². The Hall–Kier alpha value is -0.280. The van der Waals surface area contributed by atoms with Crippen molar-refractivity contribution in [3.63, 3.8) is 0 Å². The Kier molecular flexibility index (Phi) is 5.60. The number of likely N-dealkylation sites (N-methyl/N-ethyl adjacent to an activating group) is 1. The van der Waals surface area contributed by atoms with Gasteiger partial charge in [-0.2, -0.15) is 0 Å². The quantitative estimate of drug-likeness (QED) is 0.792. The van der Waals surface area contributed by atoms with Gasteiger partial charge in [0.05, 0.1) is 5.54 Å². The van der Waals surface area contributed by atoms with E-state index < -0.39 is 5.54 Å². The molecule has 0 heterocycles. The largest absolute Gasteiger partial charge is 0.344 e. The van der Waals surface area contributed by atoms with E-state index in [9.17, 15) is 4.79 Å². The Morgan fingerprint density at radius 3 is 2.60 bits per heavy atom. The summed E-state index contributed by atoms with van der Waals surface area (Å²) >= 11 is 0. The lowest BCUT2D eigenvalue weighted by molar-refractivity contribution is -0.138. The van der Waals surface area contributed by atoms with E-state index in [2.05, 4.69) is 6.92 Å². The van der Waals surface area contributed by atoms with Crippen molar-refractivity contribution in [1.29, 1.82) is 0 Å². The number of nitrogens with zero attached hydrogens (tertiary/aromatic N) is 1. The Labute approximate surface area is 98.8 Å². The number of amides is 1. The van der Waals surface area contributed by atoms with Gasteiger partial charge < -0.3 is 10.6 Å². The molecule has 1 aliphatic carbocycles. The third-order valence-electron chi connectivity index (χ3n) is 3.58. The average molecular weight is 235 g/mol. The van der Waals surface area contributed by atoms with Gasteiger partial charge in [-0.25, -0.2) is 0 Å². The molecule has 1 amide bonds. The number of carbonyl (C=O) groups excluding carboxylic acids is 1. The van der Waals surface area contributed by atoms with Crippen molar-refractivity contribution in [2.45, 2.75) is 45.1 Å². The van der Waals surface area contributed by atoms with Crippen LogP contribution in [0.15, 0.2) is 0 Å². The standard InChI is InChI=1S/C11H22N2O.ClH/c1-4-13(3)10(14)11(12)8-6-5-7-9(11)2;/h9H,4-8,12H2,1-3H3;1H. The summed E-state index contributed by atoms with van der Waals surface area (Å²) in [6.45, 7) is 4.82. The van der Waals surface area contributed by atoms with Crippen molar-refractivity contribution in [1.82, 2.24) is 4.90 Å². The molecule has 0 aliphatic heterocycles. The Bertz CT molecular complexity index is 223. The predicted molar refractivity (Wildman–Crippen MR) is 65.1 cm³/mol. The maximum absolute atomic E-state index is 12.1. The molecule has 4 heteroatoms. The van der Waals surface area contributed by atoms with Crippen molar-refractivity contribution in [3.8, 4) is 0 Å². The Balaban J connectivity index is 0.00000196. The third-order valence-corrected chi connectivity index (χ3v) is 3.58. The highest BCUT2D eigenvalue weighted by atomic mass is 35.5. The summed E-state index contributed by atoms with van der Waals surface area (Å²) in [6, 6.07) is 0. The Morgan fingerprint density at radius 2 is 2.13 bits per heavy atom. The Morgan fingerprint density at radius 1 is 1.53 bits per heavy atom. The van der Waals surface area contributed by atoms with Crippen LogP contribution < -0.4 is 5.73 Å². The first-order chi connectivity index (χ1) is 6.52. The van der Waals surface area contributed by atoms with E-state index in [4.69, 9.17) is 5.73 Å². The molecule has 0 aromatic heterocycles. The number of halogens is 1. The van der Waals surface area contributed by atoms with E-state index in [0.29, 0.717) is 5.92 Å². The van der Waals surface area contributed by atoms with Gasteiger partial charge in [0.25, 0.3) is 0 Å². The third kappa shape index (κ3) is 2.85. The highest BCUT2D eigenvalue weighted by Gasteiger charge is 2.42. The monoisotopic (exact) mass is 234 g/mol. The van der Waals surface area contributed by atoms with Crippen LogP contribution >= 0.6 is 12.4 Å². The van der Waals surface area contributed by atoms with Crippen molar-refractivity contribution in [2.75, 3.05) is 13.6 Å². The van der Waals surface area contributed by atoms with Gasteiger partial charge >= 0.3 is 0 Å². The molecule has 0 aromatic carbocycles. The fourth-order valence-corrected chi connectivity index (χ4v) is 2.19. The smallest absolute Gasteiger partial charge is 0.242 e. The summed E-state index contributed by atoms with van der Waals surface area (Å²) in [5.74, 6) is 0.435. The topological polar surface area (TPSA) is 46.3 Å². The van der Waals surface area contributed by atoms with Gasteiger partial charge in [-0.3, -0.25) is 4.79 Å². The van der Waals surface area contributed by atoms with Crippen molar-refractivity contribution in [3.05, 3.63) is 0 Å². The van der Waals surface area contributed by atoms with Gasteiger partial charge in [0.15, 0.2) is 0 Å². The number of hydrogen-bond donors (Lipinski definition) is 1. The van der Waals surface area contributed by atoms with Gasteiger partial charge in [0.1, 0.15) is 0 Å². The molecule has 2 unspecified atom stereocenters. The zero-order valence-corrected chi connectivity index (χ0v) is 10.8. The zero-order chi connectivity index (χ0) is 10.8.